The number of carbonyl (C=O) groups is 2. The predicted octanol–water partition coefficient (Wildman–Crippen LogP) is 5.46. The van der Waals surface area contributed by atoms with E-state index in [-0.39, 0.29) is 30.8 Å². The summed E-state index contributed by atoms with van der Waals surface area (Å²) in [5.74, 6) is 0.486. The van der Waals surface area contributed by atoms with Gasteiger partial charge in [0.1, 0.15) is 49.6 Å². The first kappa shape index (κ1) is 28.7. The third kappa shape index (κ3) is 6.58. The maximum Gasteiger partial charge on any atom is 0.247 e. The van der Waals surface area contributed by atoms with Gasteiger partial charge in [-0.25, -0.2) is 14.4 Å². The maximum atomic E-state index is 13.3. The summed E-state index contributed by atoms with van der Waals surface area (Å²) >= 11 is 6.49. The van der Waals surface area contributed by atoms with Crippen LogP contribution in [0.25, 0.3) is 10.9 Å². The summed E-state index contributed by atoms with van der Waals surface area (Å²) in [6.07, 6.45) is 5.47. The van der Waals surface area contributed by atoms with Crippen molar-refractivity contribution in [2.24, 2.45) is 0 Å². The van der Waals surface area contributed by atoms with Gasteiger partial charge < -0.3 is 25.0 Å². The minimum absolute atomic E-state index is 0.206. The number of ether oxygens (including phenoxy) is 2. The first-order valence-electron chi connectivity index (χ1n) is 13.3. The maximum absolute atomic E-state index is 13.3. The number of rotatable bonds is 11. The van der Waals surface area contributed by atoms with Gasteiger partial charge in [-0.05, 0) is 55.3 Å². The van der Waals surface area contributed by atoms with Crippen molar-refractivity contribution in [1.29, 1.82) is 0 Å². The van der Waals surface area contributed by atoms with Crippen LogP contribution in [0.5, 0.6) is 11.5 Å². The minimum Gasteiger partial charge on any atom is -0.489 e. The molecule has 0 radical (unpaired) electrons. The average Bonchev–Trinajstić information content (AvgIpc) is 3.50. The van der Waals surface area contributed by atoms with Crippen LogP contribution in [-0.4, -0.2) is 57.5 Å². The molecule has 10 nitrogen and oxygen atoms in total. The van der Waals surface area contributed by atoms with Crippen molar-refractivity contribution in [3.05, 3.63) is 84.4 Å². The lowest BCUT2D eigenvalue weighted by Crippen LogP contribution is -2.42. The minimum atomic E-state index is -0.714. The van der Waals surface area contributed by atoms with E-state index < -0.39 is 12.7 Å². The van der Waals surface area contributed by atoms with Crippen molar-refractivity contribution in [2.75, 3.05) is 30.5 Å². The quantitative estimate of drug-likeness (QED) is 0.221. The number of nitrogens with zero attached hydrogens (tertiary/aromatic N) is 4. The van der Waals surface area contributed by atoms with E-state index in [1.54, 1.807) is 36.5 Å². The molecule has 42 heavy (non-hydrogen) atoms. The number of likely N-dealkylation sites (tertiary alicyclic amines) is 1. The molecule has 12 heteroatoms. The molecule has 2 aromatic carbocycles. The molecule has 0 saturated carbocycles. The summed E-state index contributed by atoms with van der Waals surface area (Å²) in [7, 11) is 0. The molecular weight excluding hydrogens is 563 g/mol. The molecule has 0 unspecified atom stereocenters. The number of pyridine rings is 1. The van der Waals surface area contributed by atoms with Gasteiger partial charge in [0.05, 0.1) is 21.9 Å². The van der Waals surface area contributed by atoms with Crippen LogP contribution in [0.4, 0.5) is 21.6 Å². The zero-order chi connectivity index (χ0) is 29.5. The van der Waals surface area contributed by atoms with E-state index >= 15 is 0 Å². The molecule has 2 aromatic heterocycles. The van der Waals surface area contributed by atoms with Crippen LogP contribution in [0, 0.1) is 0 Å². The van der Waals surface area contributed by atoms with Crippen molar-refractivity contribution in [3.8, 4) is 11.5 Å². The number of aromatic nitrogens is 3. The Balaban J connectivity index is 1.40. The van der Waals surface area contributed by atoms with E-state index in [9.17, 15) is 14.0 Å². The molecule has 216 valence electrons. The van der Waals surface area contributed by atoms with Gasteiger partial charge in [-0.15, -0.1) is 0 Å². The topological polar surface area (TPSA) is 119 Å². The zero-order valence-corrected chi connectivity index (χ0v) is 23.3. The Kier molecular flexibility index (Phi) is 9.08. The number of carbonyl (C=O) groups excluding carboxylic acids is 2. The number of halogens is 2. The molecule has 1 saturated heterocycles. The van der Waals surface area contributed by atoms with Gasteiger partial charge in [-0.1, -0.05) is 24.2 Å². The summed E-state index contributed by atoms with van der Waals surface area (Å²) < 4.78 is 24.4. The zero-order valence-electron chi connectivity index (χ0n) is 22.6. The van der Waals surface area contributed by atoms with E-state index in [2.05, 4.69) is 32.2 Å². The van der Waals surface area contributed by atoms with Gasteiger partial charge >= 0.3 is 0 Å². The Hall–Kier alpha value is -4.77. The molecule has 1 aliphatic heterocycles. The van der Waals surface area contributed by atoms with Crippen LogP contribution in [-0.2, 0) is 16.2 Å². The van der Waals surface area contributed by atoms with Gasteiger partial charge in [-0.3, -0.25) is 14.6 Å². The summed E-state index contributed by atoms with van der Waals surface area (Å²) in [4.78, 5) is 39.9. The smallest absolute Gasteiger partial charge is 0.247 e. The fourth-order valence-corrected chi connectivity index (χ4v) is 4.89. The van der Waals surface area contributed by atoms with Crippen LogP contribution in [0.3, 0.4) is 0 Å². The van der Waals surface area contributed by atoms with Crippen LogP contribution in [0.15, 0.2) is 73.7 Å². The number of fused-ring (bicyclic) bond motifs is 1. The van der Waals surface area contributed by atoms with Crippen LogP contribution >= 0.6 is 11.6 Å². The van der Waals surface area contributed by atoms with Gasteiger partial charge in [0.25, 0.3) is 0 Å². The lowest BCUT2D eigenvalue weighted by molar-refractivity contribution is -0.132. The summed E-state index contributed by atoms with van der Waals surface area (Å²) in [6, 6.07) is 13.4. The van der Waals surface area contributed by atoms with E-state index in [1.807, 2.05) is 18.2 Å². The van der Waals surface area contributed by atoms with Crippen LogP contribution in [0.2, 0.25) is 5.02 Å². The van der Waals surface area contributed by atoms with Crippen LogP contribution < -0.4 is 20.1 Å². The Morgan fingerprint density at radius 2 is 2.00 bits per heavy atom. The normalized spacial score (nSPS) is 14.4. The number of benzene rings is 2. The molecular formula is C30H28ClFN6O4. The average molecular weight is 591 g/mol. The lowest BCUT2D eigenvalue weighted by atomic mass is 10.1. The third-order valence-corrected chi connectivity index (χ3v) is 6.93. The molecule has 2 N–H and O–H groups in total. The fourth-order valence-electron chi connectivity index (χ4n) is 4.65. The van der Waals surface area contributed by atoms with Crippen molar-refractivity contribution in [1.82, 2.24) is 19.9 Å². The number of anilines is 3. The van der Waals surface area contributed by atoms with Crippen molar-refractivity contribution in [3.63, 3.8) is 0 Å². The van der Waals surface area contributed by atoms with E-state index in [0.717, 1.165) is 5.69 Å². The molecule has 1 aliphatic rings. The van der Waals surface area contributed by atoms with Gasteiger partial charge in [0, 0.05) is 29.9 Å². The largest absolute Gasteiger partial charge is 0.489 e. The second-order valence-corrected chi connectivity index (χ2v) is 9.80. The molecule has 0 spiro atoms. The highest BCUT2D eigenvalue weighted by Gasteiger charge is 2.33. The Morgan fingerprint density at radius 1 is 1.12 bits per heavy atom. The van der Waals surface area contributed by atoms with Gasteiger partial charge in [0.15, 0.2) is 0 Å². The summed E-state index contributed by atoms with van der Waals surface area (Å²) in [5.41, 5.74) is 2.21. The standard InChI is InChI=1S/C30H28ClFN6O4/c1-2-28(39)38-12-5-7-25(38)30(40)37-24-15-21-23(16-27(24)41-13-10-32)34-18-35-29(21)36-19-8-9-26(22(31)14-19)42-17-20-6-3-4-11-33-20/h2-4,6,8-9,11,14-16,18,25H,1,5,7,10,12-13,17H2,(H,37,40)(H,34,35,36)/t25-/m0/s1. The molecule has 1 fully saturated rings. The monoisotopic (exact) mass is 590 g/mol. The fraction of sp³-hybridized carbons (Fsp3) is 0.233. The van der Waals surface area contributed by atoms with Gasteiger partial charge in [0.2, 0.25) is 11.8 Å². The van der Waals surface area contributed by atoms with Crippen molar-refractivity contribution in [2.45, 2.75) is 25.5 Å². The molecule has 0 bridgehead atoms. The number of alkyl halides is 1. The number of amides is 2. The Morgan fingerprint density at radius 3 is 2.76 bits per heavy atom. The second-order valence-electron chi connectivity index (χ2n) is 9.39. The molecule has 1 atom stereocenters. The Bertz CT molecular complexity index is 1610. The molecule has 2 amide bonds. The second kappa shape index (κ2) is 13.3. The molecule has 0 aliphatic carbocycles. The van der Waals surface area contributed by atoms with Gasteiger partial charge in [-0.2, -0.15) is 0 Å². The summed E-state index contributed by atoms with van der Waals surface area (Å²) in [6.45, 7) is 3.34. The van der Waals surface area contributed by atoms with E-state index in [1.165, 1.54) is 17.3 Å². The van der Waals surface area contributed by atoms with Crippen molar-refractivity contribution < 1.29 is 23.5 Å². The molecule has 5 rings (SSSR count). The highest BCUT2D eigenvalue weighted by molar-refractivity contribution is 6.32. The Labute approximate surface area is 246 Å². The molecule has 3 heterocycles. The van der Waals surface area contributed by atoms with Crippen LogP contribution in [0.1, 0.15) is 18.5 Å². The first-order chi connectivity index (χ1) is 20.5. The number of hydrogen-bond acceptors (Lipinski definition) is 8. The first-order valence-corrected chi connectivity index (χ1v) is 13.7. The number of nitrogens with one attached hydrogen (secondary N) is 2. The summed E-state index contributed by atoms with van der Waals surface area (Å²) in [5, 5.41) is 7.05. The molecule has 4 aromatic rings. The predicted molar refractivity (Wildman–Crippen MR) is 158 cm³/mol. The number of hydrogen-bond donors (Lipinski definition) is 2. The highest BCUT2D eigenvalue weighted by Crippen LogP contribution is 2.35. The highest BCUT2D eigenvalue weighted by atomic mass is 35.5. The van der Waals surface area contributed by atoms with Crippen molar-refractivity contribution >= 4 is 51.5 Å². The third-order valence-electron chi connectivity index (χ3n) is 6.64. The van der Waals surface area contributed by atoms with E-state index in [0.29, 0.717) is 58.3 Å². The SMILES string of the molecule is C=CC(=O)N1CCC[C@H]1C(=O)Nc1cc2c(Nc3ccc(OCc4ccccn4)c(Cl)c3)ncnc2cc1OCCF. The van der Waals surface area contributed by atoms with E-state index in [4.69, 9.17) is 21.1 Å². The lowest BCUT2D eigenvalue weighted by Gasteiger charge is -2.23.